The van der Waals surface area contributed by atoms with Crippen molar-refractivity contribution in [2.24, 2.45) is 0 Å². The summed E-state index contributed by atoms with van der Waals surface area (Å²) in [7, 11) is 0. The second-order valence-electron chi connectivity index (χ2n) is 1.93. The van der Waals surface area contributed by atoms with Gasteiger partial charge in [0.15, 0.2) is 0 Å². The molecule has 0 aromatic carbocycles. The van der Waals surface area contributed by atoms with Crippen molar-refractivity contribution in [3.63, 3.8) is 0 Å². The van der Waals surface area contributed by atoms with E-state index in [0.717, 1.165) is 11.3 Å². The fraction of sp³-hybridized carbons (Fsp3) is 0.167. The van der Waals surface area contributed by atoms with Gasteiger partial charge in [0.05, 0.1) is 7.76 Å². The van der Waals surface area contributed by atoms with Crippen LogP contribution in [0.2, 0.25) is 0 Å². The van der Waals surface area contributed by atoms with E-state index < -0.39 is 12.0 Å². The predicted octanol–water partition coefficient (Wildman–Crippen LogP) is 3.10. The second kappa shape index (κ2) is 3.33. The molecule has 0 aliphatic heterocycles. The summed E-state index contributed by atoms with van der Waals surface area (Å²) in [5, 5.41) is 0. The Balaban J connectivity index is 2.93. The molecule has 12 heavy (non-hydrogen) atoms. The summed E-state index contributed by atoms with van der Waals surface area (Å²) in [6.45, 7) is 0. The number of thiophene rings is 1. The molecule has 66 valence electrons. The maximum absolute atomic E-state index is 11.8. The minimum Gasteiger partial charge on any atom is -0.283 e. The van der Waals surface area contributed by atoms with E-state index in [-0.39, 0.29) is 4.88 Å². The van der Waals surface area contributed by atoms with Gasteiger partial charge >= 0.3 is 6.18 Å². The monoisotopic (exact) mass is 306 g/mol. The Hall–Kier alpha value is -0.110. The number of hydrogen-bond acceptors (Lipinski definition) is 2. The van der Waals surface area contributed by atoms with Crippen LogP contribution < -0.4 is 0 Å². The van der Waals surface area contributed by atoms with Gasteiger partial charge < -0.3 is 0 Å². The summed E-state index contributed by atoms with van der Waals surface area (Å²) in [5.41, 5.74) is 0. The van der Waals surface area contributed by atoms with Crippen molar-refractivity contribution in [3.8, 4) is 0 Å². The summed E-state index contributed by atoms with van der Waals surface area (Å²) in [4.78, 5) is 10.3. The van der Waals surface area contributed by atoms with E-state index in [4.69, 9.17) is 0 Å². The normalized spacial score (nSPS) is 11.7. The van der Waals surface area contributed by atoms with Gasteiger partial charge in [0.2, 0.25) is 0 Å². The van der Waals surface area contributed by atoms with Crippen LogP contribution in [0.4, 0.5) is 13.2 Å². The highest BCUT2D eigenvalue weighted by atomic mass is 127. The zero-order valence-corrected chi connectivity index (χ0v) is 8.46. The molecule has 0 amide bonds. The molecule has 0 spiro atoms. The van der Waals surface area contributed by atoms with Crippen molar-refractivity contribution in [2.75, 3.05) is 0 Å². The van der Waals surface area contributed by atoms with Crippen LogP contribution in [0.15, 0.2) is 12.1 Å². The molecule has 0 fully saturated rings. The molecule has 0 aliphatic rings. The number of carbonyl (C=O) groups is 1. The highest BCUT2D eigenvalue weighted by molar-refractivity contribution is 14.1. The first-order valence-corrected chi connectivity index (χ1v) is 4.67. The largest absolute Gasteiger partial charge is 0.455 e. The lowest BCUT2D eigenvalue weighted by atomic mass is 10.3. The zero-order chi connectivity index (χ0) is 9.35. The highest BCUT2D eigenvalue weighted by Gasteiger charge is 2.39. The Labute approximate surface area is 83.7 Å². The molecule has 0 unspecified atom stereocenters. The molecular weight excluding hydrogens is 304 g/mol. The van der Waals surface area contributed by atoms with Crippen LogP contribution in [-0.2, 0) is 0 Å². The van der Waals surface area contributed by atoms with Crippen molar-refractivity contribution in [3.05, 3.63) is 19.9 Å². The van der Waals surface area contributed by atoms with E-state index in [0.29, 0.717) is 2.88 Å². The van der Waals surface area contributed by atoms with Gasteiger partial charge in [-0.05, 0) is 34.7 Å². The quantitative estimate of drug-likeness (QED) is 0.575. The lowest BCUT2D eigenvalue weighted by Gasteiger charge is -2.00. The van der Waals surface area contributed by atoms with E-state index in [1.807, 2.05) is 22.6 Å². The molecule has 1 rings (SSSR count). The van der Waals surface area contributed by atoms with Gasteiger partial charge in [-0.1, -0.05) is 0 Å². The third kappa shape index (κ3) is 2.19. The number of carbonyl (C=O) groups excluding carboxylic acids is 1. The van der Waals surface area contributed by atoms with Crippen LogP contribution in [0.5, 0.6) is 0 Å². The van der Waals surface area contributed by atoms with E-state index in [1.165, 1.54) is 12.1 Å². The molecule has 0 saturated carbocycles. The van der Waals surface area contributed by atoms with Crippen molar-refractivity contribution in [1.29, 1.82) is 0 Å². The second-order valence-corrected chi connectivity index (χ2v) is 4.91. The summed E-state index contributed by atoms with van der Waals surface area (Å²) < 4.78 is 36.1. The average molecular weight is 306 g/mol. The minimum atomic E-state index is -4.76. The lowest BCUT2D eigenvalue weighted by molar-refractivity contribution is -0.0882. The van der Waals surface area contributed by atoms with Crippen LogP contribution in [-0.4, -0.2) is 12.0 Å². The van der Waals surface area contributed by atoms with Crippen molar-refractivity contribution in [2.45, 2.75) is 6.18 Å². The van der Waals surface area contributed by atoms with Gasteiger partial charge in [-0.2, -0.15) is 13.2 Å². The zero-order valence-electron chi connectivity index (χ0n) is 5.48. The van der Waals surface area contributed by atoms with Gasteiger partial charge in [0, 0.05) is 0 Å². The molecule has 1 nitrogen and oxygen atoms in total. The number of hydrogen-bond donors (Lipinski definition) is 0. The van der Waals surface area contributed by atoms with E-state index in [1.54, 1.807) is 0 Å². The average Bonchev–Trinajstić information content (AvgIpc) is 2.32. The first-order chi connectivity index (χ1) is 5.41. The van der Waals surface area contributed by atoms with E-state index >= 15 is 0 Å². The van der Waals surface area contributed by atoms with Crippen LogP contribution in [0.1, 0.15) is 9.67 Å². The van der Waals surface area contributed by atoms with Crippen LogP contribution in [0, 0.1) is 2.88 Å². The SMILES string of the molecule is O=C(c1ccc(I)s1)C(F)(F)F. The van der Waals surface area contributed by atoms with E-state index in [9.17, 15) is 18.0 Å². The molecule has 0 radical (unpaired) electrons. The van der Waals surface area contributed by atoms with Crippen molar-refractivity contribution in [1.82, 2.24) is 0 Å². The molecule has 0 bridgehead atoms. The molecule has 1 aromatic heterocycles. The van der Waals surface area contributed by atoms with Gasteiger partial charge in [-0.3, -0.25) is 4.79 Å². The lowest BCUT2D eigenvalue weighted by Crippen LogP contribution is -2.21. The minimum absolute atomic E-state index is 0.257. The molecule has 0 atom stereocenters. The standard InChI is InChI=1S/C6H2F3IOS/c7-6(8,9)5(11)3-1-2-4(10)12-3/h1-2H. The maximum atomic E-state index is 11.8. The Morgan fingerprint density at radius 3 is 2.33 bits per heavy atom. The van der Waals surface area contributed by atoms with Gasteiger partial charge in [0.25, 0.3) is 5.78 Å². The van der Waals surface area contributed by atoms with Crippen LogP contribution >= 0.6 is 33.9 Å². The smallest absolute Gasteiger partial charge is 0.283 e. The Morgan fingerprint density at radius 1 is 1.42 bits per heavy atom. The van der Waals surface area contributed by atoms with Gasteiger partial charge in [0.1, 0.15) is 0 Å². The van der Waals surface area contributed by atoms with Crippen molar-refractivity contribution < 1.29 is 18.0 Å². The summed E-state index contributed by atoms with van der Waals surface area (Å²) >= 11 is 2.70. The number of rotatable bonds is 1. The number of ketones is 1. The third-order valence-electron chi connectivity index (χ3n) is 1.05. The molecule has 6 heteroatoms. The molecule has 1 heterocycles. The summed E-state index contributed by atoms with van der Waals surface area (Å²) in [6.07, 6.45) is -4.76. The highest BCUT2D eigenvalue weighted by Crippen LogP contribution is 2.26. The third-order valence-corrected chi connectivity index (χ3v) is 2.95. The maximum Gasteiger partial charge on any atom is 0.455 e. The summed E-state index contributed by atoms with van der Waals surface area (Å²) in [6, 6.07) is 2.66. The van der Waals surface area contributed by atoms with E-state index in [2.05, 4.69) is 0 Å². The number of Topliss-reactive ketones (excluding diaryl/α,β-unsaturated/α-hetero) is 1. The topological polar surface area (TPSA) is 17.1 Å². The first kappa shape index (κ1) is 9.97. The number of alkyl halides is 3. The van der Waals surface area contributed by atoms with Gasteiger partial charge in [-0.25, -0.2) is 0 Å². The Bertz CT molecular complexity index is 304. The fourth-order valence-corrected chi connectivity index (χ4v) is 2.16. The molecule has 0 N–H and O–H groups in total. The Kier molecular flexibility index (Phi) is 2.77. The predicted molar refractivity (Wildman–Crippen MR) is 47.4 cm³/mol. The van der Waals surface area contributed by atoms with Crippen LogP contribution in [0.3, 0.4) is 0 Å². The van der Waals surface area contributed by atoms with Crippen LogP contribution in [0.25, 0.3) is 0 Å². The Morgan fingerprint density at radius 2 is 2.00 bits per heavy atom. The number of halogens is 4. The molecular formula is C6H2F3IOS. The summed E-state index contributed by atoms with van der Waals surface area (Å²) in [5.74, 6) is -1.77. The molecule has 0 saturated heterocycles. The van der Waals surface area contributed by atoms with Crippen molar-refractivity contribution >= 4 is 39.7 Å². The fourth-order valence-electron chi connectivity index (χ4n) is 0.576. The first-order valence-electron chi connectivity index (χ1n) is 2.78. The molecule has 0 aliphatic carbocycles. The van der Waals surface area contributed by atoms with Gasteiger partial charge in [-0.15, -0.1) is 11.3 Å². The molecule has 1 aromatic rings.